The van der Waals surface area contributed by atoms with Crippen molar-refractivity contribution < 1.29 is 27.5 Å². The van der Waals surface area contributed by atoms with Crippen LogP contribution in [-0.4, -0.2) is 71.3 Å². The Morgan fingerprint density at radius 1 is 1.22 bits per heavy atom. The van der Waals surface area contributed by atoms with Gasteiger partial charge in [0.15, 0.2) is 5.69 Å². The predicted octanol–water partition coefficient (Wildman–Crippen LogP) is 0.370. The van der Waals surface area contributed by atoms with E-state index in [0.29, 0.717) is 0 Å². The van der Waals surface area contributed by atoms with Gasteiger partial charge in [0, 0.05) is 46.5 Å². The molecule has 1 fully saturated rings. The highest BCUT2D eigenvalue weighted by molar-refractivity contribution is 5.95. The second kappa shape index (κ2) is 6.57. The summed E-state index contributed by atoms with van der Waals surface area (Å²) < 4.78 is 44.5. The number of aromatic nitrogens is 2. The number of piperazine rings is 1. The smallest absolute Gasteiger partial charge is 0.375 e. The van der Waals surface area contributed by atoms with Gasteiger partial charge in [-0.3, -0.25) is 14.3 Å². The van der Waals surface area contributed by atoms with Crippen molar-refractivity contribution in [3.8, 4) is 0 Å². The van der Waals surface area contributed by atoms with Crippen LogP contribution in [0.1, 0.15) is 16.1 Å². The molecule has 1 saturated heterocycles. The number of aryl methyl sites for hydroxylation is 1. The van der Waals surface area contributed by atoms with E-state index in [0.717, 1.165) is 10.9 Å². The molecule has 0 saturated carbocycles. The lowest BCUT2D eigenvalue weighted by Gasteiger charge is -2.34. The summed E-state index contributed by atoms with van der Waals surface area (Å²) in [5.74, 6) is -0.943. The molecule has 0 atom stereocenters. The van der Waals surface area contributed by atoms with Gasteiger partial charge in [0.1, 0.15) is 6.61 Å². The zero-order valence-corrected chi connectivity index (χ0v) is 12.8. The first-order valence-electron chi connectivity index (χ1n) is 6.91. The zero-order valence-electron chi connectivity index (χ0n) is 12.8. The van der Waals surface area contributed by atoms with Gasteiger partial charge in [-0.05, 0) is 0 Å². The fraction of sp³-hybridized carbons (Fsp3) is 0.615. The summed E-state index contributed by atoms with van der Waals surface area (Å²) in [5, 5.41) is 3.33. The first-order chi connectivity index (χ1) is 10.7. The van der Waals surface area contributed by atoms with Crippen molar-refractivity contribution in [2.45, 2.75) is 6.18 Å². The van der Waals surface area contributed by atoms with E-state index in [1.54, 1.807) is 0 Å². The molecular weight excluding hydrogens is 317 g/mol. The van der Waals surface area contributed by atoms with Crippen LogP contribution >= 0.6 is 0 Å². The van der Waals surface area contributed by atoms with Crippen LogP contribution < -0.4 is 0 Å². The lowest BCUT2D eigenvalue weighted by atomic mass is 10.2. The van der Waals surface area contributed by atoms with E-state index in [4.69, 9.17) is 4.74 Å². The number of rotatable bonds is 3. The standard InChI is InChI=1S/C13H17F3N4O3/c1-18-7-9(11(17-18)13(14,15)16)12(22)20-5-3-19(4-6-20)10(21)8-23-2/h7H,3-6,8H2,1-2H3. The van der Waals surface area contributed by atoms with Crippen LogP contribution in [0.4, 0.5) is 13.2 Å². The van der Waals surface area contributed by atoms with Crippen molar-refractivity contribution in [1.29, 1.82) is 0 Å². The minimum Gasteiger partial charge on any atom is -0.375 e. The fourth-order valence-electron chi connectivity index (χ4n) is 2.40. The predicted molar refractivity (Wildman–Crippen MR) is 72.6 cm³/mol. The SMILES string of the molecule is COCC(=O)N1CCN(C(=O)c2cn(C)nc2C(F)(F)F)CC1. The summed E-state index contributed by atoms with van der Waals surface area (Å²) in [4.78, 5) is 26.8. The molecular formula is C13H17F3N4O3. The maximum Gasteiger partial charge on any atom is 0.435 e. The van der Waals surface area contributed by atoms with E-state index in [2.05, 4.69) is 5.10 Å². The summed E-state index contributed by atoms with van der Waals surface area (Å²) >= 11 is 0. The highest BCUT2D eigenvalue weighted by atomic mass is 19.4. The molecule has 23 heavy (non-hydrogen) atoms. The summed E-state index contributed by atoms with van der Waals surface area (Å²) in [5.41, 5.74) is -1.67. The zero-order chi connectivity index (χ0) is 17.2. The molecule has 1 aliphatic heterocycles. The number of alkyl halides is 3. The van der Waals surface area contributed by atoms with E-state index in [1.807, 2.05) is 0 Å². The van der Waals surface area contributed by atoms with Crippen molar-refractivity contribution in [2.75, 3.05) is 39.9 Å². The minimum atomic E-state index is -4.69. The Morgan fingerprint density at radius 2 is 1.78 bits per heavy atom. The van der Waals surface area contributed by atoms with Crippen molar-refractivity contribution in [3.63, 3.8) is 0 Å². The van der Waals surface area contributed by atoms with Gasteiger partial charge in [-0.25, -0.2) is 0 Å². The van der Waals surface area contributed by atoms with Crippen molar-refractivity contribution in [2.24, 2.45) is 7.05 Å². The lowest BCUT2D eigenvalue weighted by Crippen LogP contribution is -2.51. The van der Waals surface area contributed by atoms with Gasteiger partial charge in [-0.15, -0.1) is 0 Å². The monoisotopic (exact) mass is 334 g/mol. The van der Waals surface area contributed by atoms with Gasteiger partial charge >= 0.3 is 6.18 Å². The summed E-state index contributed by atoms with van der Waals surface area (Å²) in [6, 6.07) is 0. The van der Waals surface area contributed by atoms with Crippen LogP contribution in [0, 0.1) is 0 Å². The molecule has 0 unspecified atom stereocenters. The summed E-state index contributed by atoms with van der Waals surface area (Å²) in [6.07, 6.45) is -3.63. The molecule has 0 aliphatic carbocycles. The van der Waals surface area contributed by atoms with Crippen LogP contribution in [0.25, 0.3) is 0 Å². The van der Waals surface area contributed by atoms with Gasteiger partial charge in [-0.1, -0.05) is 0 Å². The van der Waals surface area contributed by atoms with E-state index >= 15 is 0 Å². The molecule has 128 valence electrons. The Kier molecular flexibility index (Phi) is 4.93. The van der Waals surface area contributed by atoms with E-state index in [-0.39, 0.29) is 38.7 Å². The maximum atomic E-state index is 12.9. The van der Waals surface area contributed by atoms with E-state index in [9.17, 15) is 22.8 Å². The number of carbonyl (C=O) groups is 2. The molecule has 2 heterocycles. The van der Waals surface area contributed by atoms with E-state index in [1.165, 1.54) is 24.0 Å². The van der Waals surface area contributed by atoms with E-state index < -0.39 is 23.3 Å². The number of nitrogens with zero attached hydrogens (tertiary/aromatic N) is 4. The van der Waals surface area contributed by atoms with Crippen molar-refractivity contribution in [1.82, 2.24) is 19.6 Å². The van der Waals surface area contributed by atoms with Crippen LogP contribution in [-0.2, 0) is 22.8 Å². The first-order valence-corrected chi connectivity index (χ1v) is 6.91. The number of carbonyl (C=O) groups excluding carboxylic acids is 2. The fourth-order valence-corrected chi connectivity index (χ4v) is 2.40. The molecule has 1 aromatic rings. The highest BCUT2D eigenvalue weighted by Crippen LogP contribution is 2.31. The van der Waals surface area contributed by atoms with Gasteiger partial charge in [0.05, 0.1) is 5.56 Å². The third kappa shape index (κ3) is 3.81. The molecule has 7 nitrogen and oxygen atoms in total. The Balaban J connectivity index is 2.08. The molecule has 0 aromatic carbocycles. The quantitative estimate of drug-likeness (QED) is 0.801. The second-order valence-electron chi connectivity index (χ2n) is 5.17. The van der Waals surface area contributed by atoms with Gasteiger partial charge < -0.3 is 14.5 Å². The Labute approximate surface area is 130 Å². The molecule has 2 amide bonds. The third-order valence-electron chi connectivity index (χ3n) is 3.52. The largest absolute Gasteiger partial charge is 0.435 e. The number of methoxy groups -OCH3 is 1. The van der Waals surface area contributed by atoms with Gasteiger partial charge in [0.25, 0.3) is 5.91 Å². The number of ether oxygens (including phenoxy) is 1. The molecule has 2 rings (SSSR count). The summed E-state index contributed by atoms with van der Waals surface area (Å²) in [6.45, 7) is 0.792. The van der Waals surface area contributed by atoms with Gasteiger partial charge in [0.2, 0.25) is 5.91 Å². The molecule has 0 spiro atoms. The number of hydrogen-bond donors (Lipinski definition) is 0. The average Bonchev–Trinajstić information content (AvgIpc) is 2.89. The minimum absolute atomic E-state index is 0.0607. The number of amides is 2. The van der Waals surface area contributed by atoms with Crippen molar-refractivity contribution >= 4 is 11.8 Å². The van der Waals surface area contributed by atoms with Crippen LogP contribution in [0.3, 0.4) is 0 Å². The number of hydrogen-bond acceptors (Lipinski definition) is 4. The molecule has 0 radical (unpaired) electrons. The molecule has 10 heteroatoms. The molecule has 1 aliphatic rings. The molecule has 0 bridgehead atoms. The first kappa shape index (κ1) is 17.3. The third-order valence-corrected chi connectivity index (χ3v) is 3.52. The Bertz CT molecular complexity index is 592. The topological polar surface area (TPSA) is 67.7 Å². The average molecular weight is 334 g/mol. The Hall–Kier alpha value is -2.10. The lowest BCUT2D eigenvalue weighted by molar-refractivity contribution is -0.141. The van der Waals surface area contributed by atoms with Crippen LogP contribution in [0.2, 0.25) is 0 Å². The maximum absolute atomic E-state index is 12.9. The second-order valence-corrected chi connectivity index (χ2v) is 5.17. The van der Waals surface area contributed by atoms with Gasteiger partial charge in [-0.2, -0.15) is 18.3 Å². The van der Waals surface area contributed by atoms with Crippen LogP contribution in [0.15, 0.2) is 6.20 Å². The van der Waals surface area contributed by atoms with Crippen LogP contribution in [0.5, 0.6) is 0 Å². The highest BCUT2D eigenvalue weighted by Gasteiger charge is 2.40. The Morgan fingerprint density at radius 3 is 2.30 bits per heavy atom. The normalized spacial score (nSPS) is 15.9. The van der Waals surface area contributed by atoms with Crippen molar-refractivity contribution in [3.05, 3.63) is 17.5 Å². The molecule has 0 N–H and O–H groups in total. The summed E-state index contributed by atoms with van der Waals surface area (Å²) in [7, 11) is 2.73. The number of halogens is 3. The molecule has 1 aromatic heterocycles.